The minimum Gasteiger partial charge on any atom is -0.355 e. The molecule has 15 heavy (non-hydrogen) atoms. The van der Waals surface area contributed by atoms with E-state index in [4.69, 9.17) is 0 Å². The summed E-state index contributed by atoms with van der Waals surface area (Å²) in [5, 5.41) is 13.0. The van der Waals surface area contributed by atoms with Crippen molar-refractivity contribution in [2.75, 3.05) is 13.1 Å². The zero-order valence-electron chi connectivity index (χ0n) is 9.48. The molecule has 0 bridgehead atoms. The number of nitrogens with one attached hydrogen (secondary N) is 3. The van der Waals surface area contributed by atoms with Gasteiger partial charge < -0.3 is 10.6 Å². The molecule has 1 aromatic heterocycles. The number of aromatic amines is 1. The Morgan fingerprint density at radius 2 is 2.13 bits per heavy atom. The van der Waals surface area contributed by atoms with Crippen molar-refractivity contribution in [2.24, 2.45) is 0 Å². The van der Waals surface area contributed by atoms with Crippen LogP contribution in [0, 0.1) is 13.8 Å². The molecule has 3 N–H and O–H groups in total. The van der Waals surface area contributed by atoms with Gasteiger partial charge in [0.25, 0.3) is 0 Å². The highest BCUT2D eigenvalue weighted by Gasteiger charge is 2.04. The van der Waals surface area contributed by atoms with E-state index in [2.05, 4.69) is 20.8 Å². The fraction of sp³-hybridized carbons (Fsp3) is 0.600. The maximum absolute atomic E-state index is 10.6. The van der Waals surface area contributed by atoms with E-state index < -0.39 is 0 Å². The molecule has 1 heterocycles. The minimum absolute atomic E-state index is 0.00692. The third kappa shape index (κ3) is 3.71. The Morgan fingerprint density at radius 1 is 1.40 bits per heavy atom. The topological polar surface area (TPSA) is 69.8 Å². The number of aromatic nitrogens is 2. The highest BCUT2D eigenvalue weighted by Crippen LogP contribution is 2.07. The molecule has 0 saturated carbocycles. The van der Waals surface area contributed by atoms with E-state index in [1.54, 1.807) is 0 Å². The number of hydrogen-bond donors (Lipinski definition) is 3. The first-order valence-electron chi connectivity index (χ1n) is 5.07. The van der Waals surface area contributed by atoms with E-state index in [0.29, 0.717) is 6.54 Å². The van der Waals surface area contributed by atoms with E-state index in [-0.39, 0.29) is 5.91 Å². The summed E-state index contributed by atoms with van der Waals surface area (Å²) in [7, 11) is 0. The molecule has 0 aliphatic rings. The molecule has 0 atom stereocenters. The quantitative estimate of drug-likeness (QED) is 0.610. The Hall–Kier alpha value is -1.36. The molecular weight excluding hydrogens is 192 g/mol. The molecule has 1 aromatic rings. The van der Waals surface area contributed by atoms with Crippen LogP contribution in [0.3, 0.4) is 0 Å². The summed E-state index contributed by atoms with van der Waals surface area (Å²) in [4.78, 5) is 10.6. The highest BCUT2D eigenvalue weighted by molar-refractivity contribution is 5.72. The molecule has 1 amide bonds. The van der Waals surface area contributed by atoms with Gasteiger partial charge in [-0.25, -0.2) is 0 Å². The lowest BCUT2D eigenvalue weighted by molar-refractivity contribution is -0.118. The van der Waals surface area contributed by atoms with Gasteiger partial charge >= 0.3 is 0 Å². The largest absolute Gasteiger partial charge is 0.355 e. The van der Waals surface area contributed by atoms with E-state index in [0.717, 1.165) is 24.5 Å². The molecule has 5 heteroatoms. The Labute approximate surface area is 89.6 Å². The second-order valence-corrected chi connectivity index (χ2v) is 3.57. The summed E-state index contributed by atoms with van der Waals surface area (Å²) in [6, 6.07) is 0. The third-order valence-electron chi connectivity index (χ3n) is 2.26. The molecule has 1 rings (SSSR count). The molecule has 0 aliphatic carbocycles. The van der Waals surface area contributed by atoms with Gasteiger partial charge in [0.2, 0.25) is 5.91 Å². The molecule has 0 unspecified atom stereocenters. The van der Waals surface area contributed by atoms with Gasteiger partial charge in [0, 0.05) is 37.8 Å². The molecule has 0 aromatic carbocycles. The van der Waals surface area contributed by atoms with Crippen molar-refractivity contribution in [3.63, 3.8) is 0 Å². The molecule has 5 nitrogen and oxygen atoms in total. The van der Waals surface area contributed by atoms with Crippen LogP contribution >= 0.6 is 0 Å². The van der Waals surface area contributed by atoms with Gasteiger partial charge in [-0.15, -0.1) is 0 Å². The first-order chi connectivity index (χ1) is 7.11. The van der Waals surface area contributed by atoms with Crippen molar-refractivity contribution in [3.05, 3.63) is 17.0 Å². The number of rotatable bonds is 5. The third-order valence-corrected chi connectivity index (χ3v) is 2.26. The standard InChI is InChI=1S/C10H18N4O/c1-7-10(8(2)14-13-7)6-11-4-5-12-9(3)15/h11H,4-6H2,1-3H3,(H,12,15)(H,13,14). The lowest BCUT2D eigenvalue weighted by Gasteiger charge is -2.05. The molecule has 0 aliphatic heterocycles. The zero-order chi connectivity index (χ0) is 11.3. The van der Waals surface area contributed by atoms with Crippen LogP contribution in [0.25, 0.3) is 0 Å². The number of aryl methyl sites for hydroxylation is 2. The van der Waals surface area contributed by atoms with Crippen LogP contribution in [0.4, 0.5) is 0 Å². The van der Waals surface area contributed by atoms with Gasteiger partial charge in [-0.3, -0.25) is 9.89 Å². The lowest BCUT2D eigenvalue weighted by atomic mass is 10.2. The van der Waals surface area contributed by atoms with Crippen LogP contribution in [0.1, 0.15) is 23.9 Å². The second kappa shape index (κ2) is 5.50. The normalized spacial score (nSPS) is 10.3. The first-order valence-corrected chi connectivity index (χ1v) is 5.07. The minimum atomic E-state index is 0.00692. The van der Waals surface area contributed by atoms with Crippen LogP contribution in [0.5, 0.6) is 0 Å². The fourth-order valence-electron chi connectivity index (χ4n) is 1.37. The monoisotopic (exact) mass is 210 g/mol. The molecule has 0 saturated heterocycles. The van der Waals surface area contributed by atoms with Crippen LogP contribution in [-0.2, 0) is 11.3 Å². The molecule has 0 spiro atoms. The predicted molar refractivity (Wildman–Crippen MR) is 58.5 cm³/mol. The first kappa shape index (κ1) is 11.7. The predicted octanol–water partition coefficient (Wildman–Crippen LogP) is 0.252. The van der Waals surface area contributed by atoms with Crippen molar-refractivity contribution in [3.8, 4) is 0 Å². The van der Waals surface area contributed by atoms with Gasteiger partial charge in [0.05, 0.1) is 5.69 Å². The summed E-state index contributed by atoms with van der Waals surface area (Å²) < 4.78 is 0. The summed E-state index contributed by atoms with van der Waals surface area (Å²) in [6.07, 6.45) is 0. The number of carbonyl (C=O) groups is 1. The molecule has 84 valence electrons. The summed E-state index contributed by atoms with van der Waals surface area (Å²) in [6.45, 7) is 7.71. The average molecular weight is 210 g/mol. The van der Waals surface area contributed by atoms with E-state index in [9.17, 15) is 4.79 Å². The van der Waals surface area contributed by atoms with E-state index in [1.807, 2.05) is 13.8 Å². The van der Waals surface area contributed by atoms with Crippen molar-refractivity contribution < 1.29 is 4.79 Å². The number of H-pyrrole nitrogens is 1. The lowest BCUT2D eigenvalue weighted by Crippen LogP contribution is -2.30. The second-order valence-electron chi connectivity index (χ2n) is 3.57. The number of carbonyl (C=O) groups excluding carboxylic acids is 1. The van der Waals surface area contributed by atoms with Gasteiger partial charge in [-0.05, 0) is 13.8 Å². The van der Waals surface area contributed by atoms with Crippen molar-refractivity contribution in [1.82, 2.24) is 20.8 Å². The van der Waals surface area contributed by atoms with Crippen LogP contribution in [0.2, 0.25) is 0 Å². The molecular formula is C10H18N4O. The van der Waals surface area contributed by atoms with E-state index >= 15 is 0 Å². The van der Waals surface area contributed by atoms with Gasteiger partial charge in [-0.1, -0.05) is 0 Å². The SMILES string of the molecule is CC(=O)NCCNCc1c(C)n[nH]c1C. The van der Waals surface area contributed by atoms with Crippen molar-refractivity contribution in [1.29, 1.82) is 0 Å². The maximum atomic E-state index is 10.6. The van der Waals surface area contributed by atoms with Crippen LogP contribution in [0.15, 0.2) is 0 Å². The zero-order valence-corrected chi connectivity index (χ0v) is 9.48. The van der Waals surface area contributed by atoms with Crippen molar-refractivity contribution in [2.45, 2.75) is 27.3 Å². The van der Waals surface area contributed by atoms with E-state index in [1.165, 1.54) is 12.5 Å². The van der Waals surface area contributed by atoms with Crippen LogP contribution in [-0.4, -0.2) is 29.2 Å². The van der Waals surface area contributed by atoms with Gasteiger partial charge in [0.15, 0.2) is 0 Å². The number of nitrogens with zero attached hydrogens (tertiary/aromatic N) is 1. The van der Waals surface area contributed by atoms with Gasteiger partial charge in [0.1, 0.15) is 0 Å². The summed E-state index contributed by atoms with van der Waals surface area (Å²) >= 11 is 0. The van der Waals surface area contributed by atoms with Crippen LogP contribution < -0.4 is 10.6 Å². The maximum Gasteiger partial charge on any atom is 0.216 e. The average Bonchev–Trinajstić information content (AvgIpc) is 2.47. The Balaban J connectivity index is 2.23. The Morgan fingerprint density at radius 3 is 2.67 bits per heavy atom. The Kier molecular flexibility index (Phi) is 4.30. The fourth-order valence-corrected chi connectivity index (χ4v) is 1.37. The molecule has 0 radical (unpaired) electrons. The number of hydrogen-bond acceptors (Lipinski definition) is 3. The summed E-state index contributed by atoms with van der Waals surface area (Å²) in [5.41, 5.74) is 3.33. The van der Waals surface area contributed by atoms with Gasteiger partial charge in [-0.2, -0.15) is 5.10 Å². The molecule has 0 fully saturated rings. The summed E-state index contributed by atoms with van der Waals surface area (Å²) in [5.74, 6) is 0.00692. The smallest absolute Gasteiger partial charge is 0.216 e. The van der Waals surface area contributed by atoms with Crippen molar-refractivity contribution >= 4 is 5.91 Å². The Bertz CT molecular complexity index is 313. The highest BCUT2D eigenvalue weighted by atomic mass is 16.1. The number of amides is 1.